The molecule has 2 aliphatic rings. The van der Waals surface area contributed by atoms with Gasteiger partial charge in [0.1, 0.15) is 5.76 Å². The summed E-state index contributed by atoms with van der Waals surface area (Å²) in [5.74, 6) is 1.38. The molecular weight excluding hydrogens is 400 g/mol. The van der Waals surface area contributed by atoms with Crippen LogP contribution in [0.3, 0.4) is 0 Å². The van der Waals surface area contributed by atoms with E-state index in [1.54, 1.807) is 18.4 Å². The second kappa shape index (κ2) is 11.0. The third-order valence-corrected chi connectivity index (χ3v) is 6.96. The van der Waals surface area contributed by atoms with Gasteiger partial charge in [-0.25, -0.2) is 0 Å². The molecule has 1 aliphatic heterocycles. The maximum absolute atomic E-state index is 12.4. The average Bonchev–Trinajstić information content (AvgIpc) is 3.29. The molecular formula is C27H36N2O3. The fourth-order valence-corrected chi connectivity index (χ4v) is 4.92. The van der Waals surface area contributed by atoms with E-state index in [0.717, 1.165) is 62.5 Å². The lowest BCUT2D eigenvalue weighted by Crippen LogP contribution is -2.42. The van der Waals surface area contributed by atoms with Gasteiger partial charge in [0.25, 0.3) is 0 Å². The first kappa shape index (κ1) is 22.8. The summed E-state index contributed by atoms with van der Waals surface area (Å²) >= 11 is 0. The van der Waals surface area contributed by atoms with Crippen LogP contribution in [-0.2, 0) is 9.53 Å². The summed E-state index contributed by atoms with van der Waals surface area (Å²) in [6, 6.07) is 11.2. The number of benzene rings is 1. The number of nitrogens with zero attached hydrogens (tertiary/aromatic N) is 1. The van der Waals surface area contributed by atoms with Crippen molar-refractivity contribution in [3.8, 4) is 11.1 Å². The zero-order valence-electron chi connectivity index (χ0n) is 19.4. The molecule has 0 unspecified atom stereocenters. The Bertz CT molecular complexity index is 888. The monoisotopic (exact) mass is 436 g/mol. The van der Waals surface area contributed by atoms with Crippen molar-refractivity contribution in [1.29, 1.82) is 0 Å². The van der Waals surface area contributed by atoms with Gasteiger partial charge in [-0.15, -0.1) is 0 Å². The first-order valence-electron chi connectivity index (χ1n) is 12.0. The number of ether oxygens (including phenoxy) is 1. The van der Waals surface area contributed by atoms with E-state index in [1.807, 2.05) is 6.07 Å². The first-order chi connectivity index (χ1) is 15.6. The summed E-state index contributed by atoms with van der Waals surface area (Å²) < 4.78 is 11.1. The van der Waals surface area contributed by atoms with Crippen molar-refractivity contribution in [2.45, 2.75) is 57.5 Å². The average molecular weight is 437 g/mol. The topological polar surface area (TPSA) is 54.7 Å². The van der Waals surface area contributed by atoms with Crippen LogP contribution < -0.4 is 5.32 Å². The molecule has 0 atom stereocenters. The van der Waals surface area contributed by atoms with Crippen molar-refractivity contribution >= 4 is 12.0 Å². The van der Waals surface area contributed by atoms with E-state index in [4.69, 9.17) is 9.15 Å². The van der Waals surface area contributed by atoms with E-state index in [9.17, 15) is 4.79 Å². The quantitative estimate of drug-likeness (QED) is 0.617. The zero-order valence-corrected chi connectivity index (χ0v) is 19.4. The molecule has 1 aromatic carbocycles. The molecule has 2 fully saturated rings. The molecule has 4 rings (SSSR count). The molecule has 0 spiro atoms. The van der Waals surface area contributed by atoms with E-state index >= 15 is 0 Å². The maximum atomic E-state index is 12.4. The molecule has 1 saturated heterocycles. The summed E-state index contributed by atoms with van der Waals surface area (Å²) in [5.41, 5.74) is 3.37. The molecule has 1 aliphatic carbocycles. The van der Waals surface area contributed by atoms with Gasteiger partial charge in [-0.2, -0.15) is 0 Å². The molecule has 2 heterocycles. The Morgan fingerprint density at radius 1 is 1.06 bits per heavy atom. The van der Waals surface area contributed by atoms with Gasteiger partial charge in [-0.1, -0.05) is 29.8 Å². The van der Waals surface area contributed by atoms with E-state index in [1.165, 1.54) is 18.4 Å². The van der Waals surface area contributed by atoms with Crippen LogP contribution in [0.25, 0.3) is 17.2 Å². The number of carbonyl (C=O) groups excluding carboxylic acids is 1. The minimum absolute atomic E-state index is 0.0407. The molecule has 1 saturated carbocycles. The number of furan rings is 1. The second-order valence-electron chi connectivity index (χ2n) is 9.45. The molecule has 1 aromatic heterocycles. The standard InChI is InChI=1S/C27H36N2O3/c1-20-3-7-22(8-4-20)23-17-26(32-19-23)11-12-27(30)28-24-9-5-21(6-10-24)18-29(2)25-13-15-31-16-14-25/h3-4,7-8,11-12,17,19,21,24-25H,5-6,9-10,13-16,18H2,1-2H3,(H,28,30)/b12-11+. The van der Waals surface area contributed by atoms with Crippen molar-refractivity contribution in [2.75, 3.05) is 26.8 Å². The fraction of sp³-hybridized carbons (Fsp3) is 0.519. The van der Waals surface area contributed by atoms with Crippen LogP contribution >= 0.6 is 0 Å². The van der Waals surface area contributed by atoms with Gasteiger partial charge in [-0.05, 0) is 76.1 Å². The molecule has 2 aromatic rings. The zero-order chi connectivity index (χ0) is 22.3. The maximum Gasteiger partial charge on any atom is 0.244 e. The number of rotatable bonds is 7. The number of hydrogen-bond donors (Lipinski definition) is 1. The number of hydrogen-bond acceptors (Lipinski definition) is 4. The molecule has 5 heteroatoms. The number of carbonyl (C=O) groups is 1. The third kappa shape index (κ3) is 6.33. The van der Waals surface area contributed by atoms with Gasteiger partial charge in [0.2, 0.25) is 5.91 Å². The van der Waals surface area contributed by atoms with Gasteiger partial charge < -0.3 is 19.4 Å². The fourth-order valence-electron chi connectivity index (χ4n) is 4.92. The molecule has 0 bridgehead atoms. The van der Waals surface area contributed by atoms with Crippen molar-refractivity contribution in [1.82, 2.24) is 10.2 Å². The van der Waals surface area contributed by atoms with Crippen molar-refractivity contribution in [3.63, 3.8) is 0 Å². The Hall–Kier alpha value is -2.37. The van der Waals surface area contributed by atoms with Crippen molar-refractivity contribution in [3.05, 3.63) is 54.0 Å². The number of aryl methyl sites for hydroxylation is 1. The normalized spacial score (nSPS) is 22.5. The summed E-state index contributed by atoms with van der Waals surface area (Å²) in [6.45, 7) is 5.02. The van der Waals surface area contributed by atoms with Gasteiger partial charge in [-0.3, -0.25) is 4.79 Å². The van der Waals surface area contributed by atoms with Gasteiger partial charge in [0.15, 0.2) is 0 Å². The van der Waals surface area contributed by atoms with Gasteiger partial charge in [0.05, 0.1) is 6.26 Å². The largest absolute Gasteiger partial charge is 0.464 e. The highest BCUT2D eigenvalue weighted by atomic mass is 16.5. The van der Waals surface area contributed by atoms with E-state index in [-0.39, 0.29) is 11.9 Å². The van der Waals surface area contributed by atoms with E-state index in [2.05, 4.69) is 48.5 Å². The third-order valence-electron chi connectivity index (χ3n) is 6.96. The summed E-state index contributed by atoms with van der Waals surface area (Å²) in [5, 5.41) is 3.17. The minimum atomic E-state index is -0.0407. The number of nitrogens with one attached hydrogen (secondary N) is 1. The predicted octanol–water partition coefficient (Wildman–Crippen LogP) is 5.05. The van der Waals surface area contributed by atoms with Crippen LogP contribution in [0.1, 0.15) is 49.8 Å². The first-order valence-corrected chi connectivity index (χ1v) is 12.0. The molecule has 1 amide bonds. The smallest absolute Gasteiger partial charge is 0.244 e. The van der Waals surface area contributed by atoms with Crippen LogP contribution in [-0.4, -0.2) is 49.7 Å². The SMILES string of the molecule is Cc1ccc(-c2coc(/C=C/C(=O)NC3CCC(CN(C)C4CCOCC4)CC3)c2)cc1. The van der Waals surface area contributed by atoms with Crippen LogP contribution in [0.15, 0.2) is 47.1 Å². The summed E-state index contributed by atoms with van der Waals surface area (Å²) in [7, 11) is 2.26. The molecule has 1 N–H and O–H groups in total. The van der Waals surface area contributed by atoms with Crippen molar-refractivity contribution in [2.24, 2.45) is 5.92 Å². The number of amides is 1. The van der Waals surface area contributed by atoms with Crippen LogP contribution in [0, 0.1) is 12.8 Å². The highest BCUT2D eigenvalue weighted by Crippen LogP contribution is 2.27. The lowest BCUT2D eigenvalue weighted by Gasteiger charge is -2.36. The van der Waals surface area contributed by atoms with Crippen molar-refractivity contribution < 1.29 is 13.9 Å². The summed E-state index contributed by atoms with van der Waals surface area (Å²) in [6.07, 6.45) is 11.9. The molecule has 172 valence electrons. The second-order valence-corrected chi connectivity index (χ2v) is 9.45. The van der Waals surface area contributed by atoms with Gasteiger partial charge >= 0.3 is 0 Å². The Kier molecular flexibility index (Phi) is 7.82. The lowest BCUT2D eigenvalue weighted by atomic mass is 9.85. The van der Waals surface area contributed by atoms with Crippen LogP contribution in [0.4, 0.5) is 0 Å². The van der Waals surface area contributed by atoms with E-state index in [0.29, 0.717) is 11.8 Å². The highest BCUT2D eigenvalue weighted by Gasteiger charge is 2.25. The Morgan fingerprint density at radius 2 is 1.78 bits per heavy atom. The predicted molar refractivity (Wildman–Crippen MR) is 128 cm³/mol. The molecule has 5 nitrogen and oxygen atoms in total. The highest BCUT2D eigenvalue weighted by molar-refractivity contribution is 5.91. The van der Waals surface area contributed by atoms with Crippen LogP contribution in [0.5, 0.6) is 0 Å². The summed E-state index contributed by atoms with van der Waals surface area (Å²) in [4.78, 5) is 14.9. The van der Waals surface area contributed by atoms with E-state index < -0.39 is 0 Å². The lowest BCUT2D eigenvalue weighted by molar-refractivity contribution is -0.117. The Labute approximate surface area is 191 Å². The minimum Gasteiger partial charge on any atom is -0.464 e. The molecule has 32 heavy (non-hydrogen) atoms. The Morgan fingerprint density at radius 3 is 2.50 bits per heavy atom. The Balaban J connectivity index is 1.20. The van der Waals surface area contributed by atoms with Crippen LogP contribution in [0.2, 0.25) is 0 Å². The van der Waals surface area contributed by atoms with Gasteiger partial charge in [0, 0.05) is 43.5 Å². The molecule has 0 radical (unpaired) electrons.